The fraction of sp³-hybridized carbons (Fsp3) is 0.231. The van der Waals surface area contributed by atoms with Crippen molar-refractivity contribution in [1.82, 2.24) is 0 Å². The lowest BCUT2D eigenvalue weighted by atomic mass is 9.90. The monoisotopic (exact) mass is 229 g/mol. The topological polar surface area (TPSA) is 46.6 Å². The van der Waals surface area contributed by atoms with Crippen LogP contribution in [0.2, 0.25) is 0 Å². The van der Waals surface area contributed by atoms with Crippen molar-refractivity contribution < 1.29 is 14.3 Å². The van der Waals surface area contributed by atoms with Crippen molar-refractivity contribution in [2.75, 3.05) is 11.9 Å². The Kier molecular flexibility index (Phi) is 1.90. The van der Waals surface area contributed by atoms with Gasteiger partial charge in [-0.05, 0) is 6.07 Å². The molecule has 4 heteroatoms. The standard InChI is InChI=1S/C13H11NO3/c1-14-10-6-3-2-5-9(10)13(12(14)16)8-4-7-11(15)17-13/h2-7H,8H2,1H3. The fourth-order valence-electron chi connectivity index (χ4n) is 2.47. The number of anilines is 1. The second-order valence-corrected chi connectivity index (χ2v) is 4.24. The van der Waals surface area contributed by atoms with Gasteiger partial charge in [0.2, 0.25) is 5.60 Å². The number of nitrogens with zero attached hydrogens (tertiary/aromatic N) is 1. The number of esters is 1. The van der Waals surface area contributed by atoms with E-state index >= 15 is 0 Å². The third kappa shape index (κ3) is 1.18. The Labute approximate surface area is 98.5 Å². The molecule has 2 aliphatic heterocycles. The predicted molar refractivity (Wildman–Crippen MR) is 61.4 cm³/mol. The van der Waals surface area contributed by atoms with Gasteiger partial charge in [0.1, 0.15) is 0 Å². The number of carbonyl (C=O) groups is 2. The van der Waals surface area contributed by atoms with E-state index in [0.29, 0.717) is 6.42 Å². The van der Waals surface area contributed by atoms with E-state index in [4.69, 9.17) is 4.74 Å². The summed E-state index contributed by atoms with van der Waals surface area (Å²) in [4.78, 5) is 25.2. The minimum atomic E-state index is -1.14. The first-order valence-electron chi connectivity index (χ1n) is 5.42. The van der Waals surface area contributed by atoms with E-state index in [2.05, 4.69) is 0 Å². The minimum Gasteiger partial charge on any atom is -0.440 e. The van der Waals surface area contributed by atoms with Crippen LogP contribution >= 0.6 is 0 Å². The van der Waals surface area contributed by atoms with Gasteiger partial charge in [0.15, 0.2) is 0 Å². The predicted octanol–water partition coefficient (Wildman–Crippen LogP) is 1.36. The van der Waals surface area contributed by atoms with Crippen molar-refractivity contribution in [3.05, 3.63) is 42.0 Å². The molecule has 1 amide bonds. The van der Waals surface area contributed by atoms with E-state index in [1.165, 1.54) is 6.08 Å². The van der Waals surface area contributed by atoms with Gasteiger partial charge in [0, 0.05) is 25.1 Å². The Bertz CT molecular complexity index is 549. The van der Waals surface area contributed by atoms with Gasteiger partial charge in [0.05, 0.1) is 5.69 Å². The van der Waals surface area contributed by atoms with Crippen LogP contribution < -0.4 is 4.90 Å². The molecular formula is C13H11NO3. The van der Waals surface area contributed by atoms with E-state index < -0.39 is 11.6 Å². The first-order valence-corrected chi connectivity index (χ1v) is 5.42. The summed E-state index contributed by atoms with van der Waals surface area (Å²) in [5.41, 5.74) is 0.433. The minimum absolute atomic E-state index is 0.184. The number of carbonyl (C=O) groups excluding carboxylic acids is 2. The Morgan fingerprint density at radius 2 is 2.06 bits per heavy atom. The number of benzene rings is 1. The Hall–Kier alpha value is -2.10. The maximum atomic E-state index is 12.3. The number of amides is 1. The van der Waals surface area contributed by atoms with Crippen LogP contribution in [0.15, 0.2) is 36.4 Å². The zero-order valence-electron chi connectivity index (χ0n) is 9.34. The van der Waals surface area contributed by atoms with Gasteiger partial charge in [-0.1, -0.05) is 24.3 Å². The molecule has 86 valence electrons. The number of hydrogen-bond acceptors (Lipinski definition) is 3. The molecule has 0 radical (unpaired) electrons. The van der Waals surface area contributed by atoms with Crippen LogP contribution in [-0.2, 0) is 19.9 Å². The van der Waals surface area contributed by atoms with Gasteiger partial charge >= 0.3 is 5.97 Å². The number of hydrogen-bond donors (Lipinski definition) is 0. The molecule has 0 saturated carbocycles. The molecule has 3 rings (SSSR count). The van der Waals surface area contributed by atoms with Crippen LogP contribution in [0.4, 0.5) is 5.69 Å². The molecule has 0 aromatic heterocycles. The average molecular weight is 229 g/mol. The third-order valence-corrected chi connectivity index (χ3v) is 3.28. The molecule has 1 atom stereocenters. The molecular weight excluding hydrogens is 218 g/mol. The number of fused-ring (bicyclic) bond motifs is 2. The molecule has 0 N–H and O–H groups in total. The second kappa shape index (κ2) is 3.20. The summed E-state index contributed by atoms with van der Waals surface area (Å²) in [5.74, 6) is -0.647. The summed E-state index contributed by atoms with van der Waals surface area (Å²) in [7, 11) is 1.70. The van der Waals surface area contributed by atoms with Gasteiger partial charge in [-0.15, -0.1) is 0 Å². The highest BCUT2D eigenvalue weighted by Crippen LogP contribution is 2.45. The molecule has 2 heterocycles. The maximum absolute atomic E-state index is 12.3. The van der Waals surface area contributed by atoms with Gasteiger partial charge in [-0.2, -0.15) is 0 Å². The summed E-state index contributed by atoms with van der Waals surface area (Å²) >= 11 is 0. The zero-order valence-corrected chi connectivity index (χ0v) is 9.34. The summed E-state index contributed by atoms with van der Waals surface area (Å²) in [5, 5.41) is 0. The normalized spacial score (nSPS) is 26.3. The first kappa shape index (κ1) is 10.1. The molecule has 0 fully saturated rings. The molecule has 4 nitrogen and oxygen atoms in total. The van der Waals surface area contributed by atoms with Gasteiger partial charge in [-0.25, -0.2) is 4.79 Å². The van der Waals surface area contributed by atoms with Gasteiger partial charge in [0.25, 0.3) is 5.91 Å². The lowest BCUT2D eigenvalue weighted by molar-refractivity contribution is -0.164. The van der Waals surface area contributed by atoms with E-state index in [9.17, 15) is 9.59 Å². The van der Waals surface area contributed by atoms with Crippen LogP contribution in [0.1, 0.15) is 12.0 Å². The molecule has 1 aromatic rings. The van der Waals surface area contributed by atoms with Crippen LogP contribution in [0.3, 0.4) is 0 Å². The lowest BCUT2D eigenvalue weighted by Crippen LogP contribution is -2.43. The van der Waals surface area contributed by atoms with E-state index in [0.717, 1.165) is 11.3 Å². The highest BCUT2D eigenvalue weighted by atomic mass is 16.6. The highest BCUT2D eigenvalue weighted by molar-refractivity contribution is 6.08. The second-order valence-electron chi connectivity index (χ2n) is 4.24. The number of likely N-dealkylation sites (N-methyl/N-ethyl adjacent to an activating group) is 1. The molecule has 2 aliphatic rings. The van der Waals surface area contributed by atoms with Crippen LogP contribution in [0.25, 0.3) is 0 Å². The Morgan fingerprint density at radius 3 is 2.82 bits per heavy atom. The van der Waals surface area contributed by atoms with Crippen molar-refractivity contribution in [3.63, 3.8) is 0 Å². The summed E-state index contributed by atoms with van der Waals surface area (Å²) in [6, 6.07) is 7.40. The summed E-state index contributed by atoms with van der Waals surface area (Å²) < 4.78 is 5.33. The van der Waals surface area contributed by atoms with Crippen LogP contribution in [-0.4, -0.2) is 18.9 Å². The highest BCUT2D eigenvalue weighted by Gasteiger charge is 2.53. The van der Waals surface area contributed by atoms with Crippen molar-refractivity contribution in [3.8, 4) is 0 Å². The first-order chi connectivity index (χ1) is 8.15. The van der Waals surface area contributed by atoms with Crippen molar-refractivity contribution >= 4 is 17.6 Å². The average Bonchev–Trinajstić information content (AvgIpc) is 2.54. The smallest absolute Gasteiger partial charge is 0.331 e. The SMILES string of the molecule is CN1C(=O)C2(CC=CC(=O)O2)c2ccccc21. The van der Waals surface area contributed by atoms with Crippen molar-refractivity contribution in [1.29, 1.82) is 0 Å². The lowest BCUT2D eigenvalue weighted by Gasteiger charge is -2.28. The fourth-order valence-corrected chi connectivity index (χ4v) is 2.47. The summed E-state index contributed by atoms with van der Waals surface area (Å²) in [6.07, 6.45) is 3.46. The Morgan fingerprint density at radius 1 is 1.29 bits per heavy atom. The van der Waals surface area contributed by atoms with E-state index in [1.807, 2.05) is 24.3 Å². The molecule has 0 saturated heterocycles. The third-order valence-electron chi connectivity index (χ3n) is 3.28. The molecule has 0 aliphatic carbocycles. The largest absolute Gasteiger partial charge is 0.440 e. The molecule has 1 spiro atoms. The number of para-hydroxylation sites is 1. The van der Waals surface area contributed by atoms with Gasteiger partial charge < -0.3 is 9.64 Å². The van der Waals surface area contributed by atoms with Crippen LogP contribution in [0, 0.1) is 0 Å². The zero-order chi connectivity index (χ0) is 12.0. The van der Waals surface area contributed by atoms with Gasteiger partial charge in [-0.3, -0.25) is 4.79 Å². The molecule has 17 heavy (non-hydrogen) atoms. The molecule has 1 aromatic carbocycles. The summed E-state index contributed by atoms with van der Waals surface area (Å²) in [6.45, 7) is 0. The maximum Gasteiger partial charge on any atom is 0.331 e. The Balaban J connectivity index is 2.21. The number of rotatable bonds is 0. The van der Waals surface area contributed by atoms with E-state index in [-0.39, 0.29) is 5.91 Å². The van der Waals surface area contributed by atoms with Crippen molar-refractivity contribution in [2.24, 2.45) is 0 Å². The molecule has 1 unspecified atom stereocenters. The van der Waals surface area contributed by atoms with Crippen molar-refractivity contribution in [2.45, 2.75) is 12.0 Å². The van der Waals surface area contributed by atoms with Crippen LogP contribution in [0.5, 0.6) is 0 Å². The number of ether oxygens (including phenoxy) is 1. The van der Waals surface area contributed by atoms with E-state index in [1.54, 1.807) is 18.0 Å². The molecule has 0 bridgehead atoms. The quantitative estimate of drug-likeness (QED) is 0.631.